The standard InChI is InChI=1S/C13H16FNO2/c1-9(2)6-13(15(16)17)8-11-4-5-12(14)7-10(11)3/h4-5,7-9H,6H2,1-3H3. The zero-order valence-corrected chi connectivity index (χ0v) is 10.2. The predicted octanol–water partition coefficient (Wildman–Crippen LogP) is 3.80. The lowest BCUT2D eigenvalue weighted by molar-refractivity contribution is -0.427. The fraction of sp³-hybridized carbons (Fsp3) is 0.385. The Bertz CT molecular complexity index is 453. The molecule has 0 spiro atoms. The Labute approximate surface area is 100 Å². The third-order valence-corrected chi connectivity index (χ3v) is 2.41. The number of allylic oxidation sites excluding steroid dienone is 1. The first-order chi connectivity index (χ1) is 7.90. The second-order valence-electron chi connectivity index (χ2n) is 4.49. The number of aryl methyl sites for hydroxylation is 1. The zero-order valence-electron chi connectivity index (χ0n) is 10.2. The molecule has 1 aromatic carbocycles. The zero-order chi connectivity index (χ0) is 13.0. The maximum atomic E-state index is 12.9. The van der Waals surface area contributed by atoms with Gasteiger partial charge < -0.3 is 0 Å². The van der Waals surface area contributed by atoms with Crippen LogP contribution in [0, 0.1) is 28.8 Å². The second kappa shape index (κ2) is 5.57. The van der Waals surface area contributed by atoms with E-state index in [0.29, 0.717) is 17.5 Å². The van der Waals surface area contributed by atoms with Crippen LogP contribution in [0.1, 0.15) is 31.4 Å². The van der Waals surface area contributed by atoms with Crippen molar-refractivity contribution in [1.29, 1.82) is 0 Å². The fourth-order valence-corrected chi connectivity index (χ4v) is 1.59. The van der Waals surface area contributed by atoms with Crippen molar-refractivity contribution in [2.24, 2.45) is 5.92 Å². The van der Waals surface area contributed by atoms with Gasteiger partial charge in [0.05, 0.1) is 4.92 Å². The Kier molecular flexibility index (Phi) is 4.37. The van der Waals surface area contributed by atoms with E-state index in [1.54, 1.807) is 13.0 Å². The van der Waals surface area contributed by atoms with Crippen molar-refractivity contribution in [1.82, 2.24) is 0 Å². The lowest BCUT2D eigenvalue weighted by Crippen LogP contribution is -2.02. The molecule has 1 aromatic rings. The summed E-state index contributed by atoms with van der Waals surface area (Å²) in [5.41, 5.74) is 1.56. The summed E-state index contributed by atoms with van der Waals surface area (Å²) in [5, 5.41) is 10.9. The molecular formula is C13H16FNO2. The van der Waals surface area contributed by atoms with Gasteiger partial charge >= 0.3 is 0 Å². The summed E-state index contributed by atoms with van der Waals surface area (Å²) in [6.45, 7) is 5.59. The molecule has 0 atom stereocenters. The summed E-state index contributed by atoms with van der Waals surface area (Å²) in [6.07, 6.45) is 1.93. The van der Waals surface area contributed by atoms with Crippen LogP contribution in [-0.2, 0) is 0 Å². The molecule has 0 fully saturated rings. The molecule has 1 rings (SSSR count). The lowest BCUT2D eigenvalue weighted by atomic mass is 10.0. The maximum Gasteiger partial charge on any atom is 0.247 e. The Balaban J connectivity index is 3.08. The molecule has 0 saturated heterocycles. The van der Waals surface area contributed by atoms with Gasteiger partial charge in [-0.3, -0.25) is 10.1 Å². The SMILES string of the molecule is Cc1cc(F)ccc1C=C(CC(C)C)[N+](=O)[O-]. The Morgan fingerprint density at radius 2 is 2.18 bits per heavy atom. The quantitative estimate of drug-likeness (QED) is 0.590. The molecule has 0 aliphatic heterocycles. The number of nitrogens with zero attached hydrogens (tertiary/aromatic N) is 1. The number of halogens is 1. The van der Waals surface area contributed by atoms with E-state index in [1.807, 2.05) is 13.8 Å². The Hall–Kier alpha value is -1.71. The molecule has 0 heterocycles. The van der Waals surface area contributed by atoms with Crippen LogP contribution >= 0.6 is 0 Å². The van der Waals surface area contributed by atoms with Gasteiger partial charge in [-0.15, -0.1) is 0 Å². The van der Waals surface area contributed by atoms with Crippen molar-refractivity contribution < 1.29 is 9.31 Å². The van der Waals surface area contributed by atoms with E-state index in [-0.39, 0.29) is 22.4 Å². The van der Waals surface area contributed by atoms with Crippen LogP contribution in [0.2, 0.25) is 0 Å². The van der Waals surface area contributed by atoms with Crippen molar-refractivity contribution in [3.63, 3.8) is 0 Å². The molecule has 0 aliphatic carbocycles. The van der Waals surface area contributed by atoms with Crippen LogP contribution < -0.4 is 0 Å². The van der Waals surface area contributed by atoms with Gasteiger partial charge in [-0.2, -0.15) is 0 Å². The predicted molar refractivity (Wildman–Crippen MR) is 65.6 cm³/mol. The van der Waals surface area contributed by atoms with E-state index in [1.165, 1.54) is 18.2 Å². The van der Waals surface area contributed by atoms with E-state index < -0.39 is 0 Å². The minimum absolute atomic E-state index is 0.162. The molecular weight excluding hydrogens is 221 g/mol. The largest absolute Gasteiger partial charge is 0.259 e. The van der Waals surface area contributed by atoms with E-state index >= 15 is 0 Å². The number of benzene rings is 1. The lowest BCUT2D eigenvalue weighted by Gasteiger charge is -2.04. The highest BCUT2D eigenvalue weighted by Gasteiger charge is 2.13. The average molecular weight is 237 g/mol. The van der Waals surface area contributed by atoms with Crippen LogP contribution in [0.15, 0.2) is 23.9 Å². The first-order valence-corrected chi connectivity index (χ1v) is 5.51. The molecule has 17 heavy (non-hydrogen) atoms. The van der Waals surface area contributed by atoms with Gasteiger partial charge in [-0.1, -0.05) is 19.9 Å². The summed E-state index contributed by atoms with van der Waals surface area (Å²) >= 11 is 0. The molecule has 0 radical (unpaired) electrons. The van der Waals surface area contributed by atoms with Crippen molar-refractivity contribution in [2.45, 2.75) is 27.2 Å². The second-order valence-corrected chi connectivity index (χ2v) is 4.49. The van der Waals surface area contributed by atoms with Gasteiger partial charge in [0, 0.05) is 12.5 Å². The van der Waals surface area contributed by atoms with Crippen molar-refractivity contribution in [3.8, 4) is 0 Å². The monoisotopic (exact) mass is 237 g/mol. The highest BCUT2D eigenvalue weighted by molar-refractivity contribution is 5.55. The highest BCUT2D eigenvalue weighted by atomic mass is 19.1. The van der Waals surface area contributed by atoms with Gasteiger partial charge in [0.1, 0.15) is 5.82 Å². The molecule has 0 amide bonds. The average Bonchev–Trinajstić information content (AvgIpc) is 2.19. The maximum absolute atomic E-state index is 12.9. The Morgan fingerprint density at radius 3 is 2.65 bits per heavy atom. The smallest absolute Gasteiger partial charge is 0.247 e. The number of hydrogen-bond donors (Lipinski definition) is 0. The van der Waals surface area contributed by atoms with E-state index in [2.05, 4.69) is 0 Å². The molecule has 0 aromatic heterocycles. The number of rotatable bonds is 4. The minimum Gasteiger partial charge on any atom is -0.259 e. The van der Waals surface area contributed by atoms with Crippen molar-refractivity contribution in [3.05, 3.63) is 51.0 Å². The van der Waals surface area contributed by atoms with Crippen LogP contribution in [0.3, 0.4) is 0 Å². The van der Waals surface area contributed by atoms with Crippen LogP contribution in [-0.4, -0.2) is 4.92 Å². The fourth-order valence-electron chi connectivity index (χ4n) is 1.59. The van der Waals surface area contributed by atoms with Gasteiger partial charge in [0.2, 0.25) is 5.70 Å². The summed E-state index contributed by atoms with van der Waals surface area (Å²) in [6, 6.07) is 4.25. The van der Waals surface area contributed by atoms with Crippen LogP contribution in [0.4, 0.5) is 4.39 Å². The van der Waals surface area contributed by atoms with Gasteiger partial charge in [0.15, 0.2) is 0 Å². The number of hydrogen-bond acceptors (Lipinski definition) is 2. The molecule has 0 N–H and O–H groups in total. The van der Waals surface area contributed by atoms with Crippen LogP contribution in [0.25, 0.3) is 6.08 Å². The third-order valence-electron chi connectivity index (χ3n) is 2.41. The molecule has 0 bridgehead atoms. The summed E-state index contributed by atoms with van der Waals surface area (Å²) in [5.74, 6) is -0.112. The number of nitro groups is 1. The van der Waals surface area contributed by atoms with E-state index in [0.717, 1.165) is 0 Å². The normalized spacial score (nSPS) is 11.9. The third kappa shape index (κ3) is 3.98. The minimum atomic E-state index is -0.372. The van der Waals surface area contributed by atoms with Crippen molar-refractivity contribution in [2.75, 3.05) is 0 Å². The summed E-state index contributed by atoms with van der Waals surface area (Å²) in [4.78, 5) is 10.5. The first-order valence-electron chi connectivity index (χ1n) is 5.51. The van der Waals surface area contributed by atoms with E-state index in [4.69, 9.17) is 0 Å². The van der Waals surface area contributed by atoms with Gasteiger partial charge in [0.25, 0.3) is 0 Å². The van der Waals surface area contributed by atoms with Crippen LogP contribution in [0.5, 0.6) is 0 Å². The summed E-state index contributed by atoms with van der Waals surface area (Å²) < 4.78 is 12.9. The molecule has 0 unspecified atom stereocenters. The molecule has 3 nitrogen and oxygen atoms in total. The van der Waals surface area contributed by atoms with Gasteiger partial charge in [-0.25, -0.2) is 4.39 Å². The highest BCUT2D eigenvalue weighted by Crippen LogP contribution is 2.18. The first kappa shape index (κ1) is 13.4. The summed E-state index contributed by atoms with van der Waals surface area (Å²) in [7, 11) is 0. The van der Waals surface area contributed by atoms with Crippen molar-refractivity contribution >= 4 is 6.08 Å². The van der Waals surface area contributed by atoms with E-state index in [9.17, 15) is 14.5 Å². The Morgan fingerprint density at radius 1 is 1.53 bits per heavy atom. The van der Waals surface area contributed by atoms with Gasteiger partial charge in [-0.05, 0) is 36.1 Å². The molecule has 0 saturated carbocycles. The topological polar surface area (TPSA) is 43.1 Å². The molecule has 4 heteroatoms. The molecule has 0 aliphatic rings. The molecule has 92 valence electrons.